The van der Waals surface area contributed by atoms with Crippen molar-refractivity contribution in [2.24, 2.45) is 5.92 Å². The number of aromatic amines is 1. The predicted molar refractivity (Wildman–Crippen MR) is 99.9 cm³/mol. The van der Waals surface area contributed by atoms with Crippen molar-refractivity contribution in [3.63, 3.8) is 0 Å². The Hall–Kier alpha value is -3.15. The maximum Gasteiger partial charge on any atom is 0.253 e. The van der Waals surface area contributed by atoms with Gasteiger partial charge in [0.15, 0.2) is 0 Å². The lowest BCUT2D eigenvalue weighted by atomic mass is 9.93. The van der Waals surface area contributed by atoms with Crippen molar-refractivity contribution in [1.82, 2.24) is 14.9 Å². The zero-order valence-electron chi connectivity index (χ0n) is 14.5. The van der Waals surface area contributed by atoms with Crippen LogP contribution < -0.4 is 5.32 Å². The first-order valence-electron chi connectivity index (χ1n) is 8.68. The van der Waals surface area contributed by atoms with Crippen LogP contribution in [0.5, 0.6) is 0 Å². The fourth-order valence-electron chi connectivity index (χ4n) is 3.42. The van der Waals surface area contributed by atoms with Crippen molar-refractivity contribution in [1.29, 1.82) is 0 Å². The molecule has 6 heteroatoms. The van der Waals surface area contributed by atoms with E-state index in [0.717, 1.165) is 30.7 Å². The first-order chi connectivity index (χ1) is 12.6. The highest BCUT2D eigenvalue weighted by molar-refractivity contribution is 5.96. The van der Waals surface area contributed by atoms with Crippen LogP contribution in [0.15, 0.2) is 48.8 Å². The van der Waals surface area contributed by atoms with E-state index in [-0.39, 0.29) is 11.8 Å². The summed E-state index contributed by atoms with van der Waals surface area (Å²) in [5.41, 5.74) is 3.48. The Kier molecular flexibility index (Phi) is 4.16. The Labute approximate surface area is 151 Å². The molecule has 0 radical (unpaired) electrons. The maximum atomic E-state index is 12.5. The third kappa shape index (κ3) is 3.18. The van der Waals surface area contributed by atoms with Crippen molar-refractivity contribution in [3.05, 3.63) is 60.0 Å². The molecule has 1 aliphatic heterocycles. The van der Waals surface area contributed by atoms with Gasteiger partial charge in [-0.05, 0) is 48.7 Å². The van der Waals surface area contributed by atoms with Gasteiger partial charge in [-0.25, -0.2) is 0 Å². The van der Waals surface area contributed by atoms with Gasteiger partial charge in [0.05, 0.1) is 11.2 Å². The highest BCUT2D eigenvalue weighted by Gasteiger charge is 2.31. The fraction of sp³-hybridized carbons (Fsp3) is 0.250. The molecule has 0 bridgehead atoms. The lowest BCUT2D eigenvalue weighted by Crippen LogP contribution is -2.50. The molecule has 2 amide bonds. The summed E-state index contributed by atoms with van der Waals surface area (Å²) in [6.07, 6.45) is 4.63. The van der Waals surface area contributed by atoms with Crippen LogP contribution in [0, 0.1) is 5.92 Å². The number of nitrogens with zero attached hydrogens (tertiary/aromatic N) is 2. The molecule has 0 unspecified atom stereocenters. The van der Waals surface area contributed by atoms with Gasteiger partial charge in [0.25, 0.3) is 5.91 Å². The fourth-order valence-corrected chi connectivity index (χ4v) is 3.42. The number of likely N-dealkylation sites (tertiary alicyclic amines) is 1. The van der Waals surface area contributed by atoms with Crippen LogP contribution in [0.1, 0.15) is 23.0 Å². The van der Waals surface area contributed by atoms with Gasteiger partial charge in [-0.3, -0.25) is 14.6 Å². The standard InChI is InChI=1S/C20H20N4O2/c1-13(25)23-17-4-2-16(3-5-17)20(26)24-11-14(12-24)10-18-19-15(6-8-21-18)7-9-22-19/h2-9,14,22H,10-12H2,1H3,(H,23,25). The number of anilines is 1. The first-order valence-corrected chi connectivity index (χ1v) is 8.68. The van der Waals surface area contributed by atoms with E-state index >= 15 is 0 Å². The number of amides is 2. The molecule has 0 spiro atoms. The maximum absolute atomic E-state index is 12.5. The Morgan fingerprint density at radius 2 is 1.96 bits per heavy atom. The van der Waals surface area contributed by atoms with Crippen LogP contribution in [0.4, 0.5) is 5.69 Å². The molecule has 3 aromatic rings. The Morgan fingerprint density at radius 3 is 2.69 bits per heavy atom. The summed E-state index contributed by atoms with van der Waals surface area (Å²) in [6, 6.07) is 11.0. The molecule has 4 rings (SSSR count). The number of nitrogens with one attached hydrogen (secondary N) is 2. The number of hydrogen-bond donors (Lipinski definition) is 2. The lowest BCUT2D eigenvalue weighted by molar-refractivity contribution is -0.114. The number of aromatic nitrogens is 2. The van der Waals surface area contributed by atoms with E-state index in [9.17, 15) is 9.59 Å². The molecule has 0 saturated carbocycles. The molecule has 2 aromatic heterocycles. The van der Waals surface area contributed by atoms with Crippen LogP contribution in [0.2, 0.25) is 0 Å². The second-order valence-electron chi connectivity index (χ2n) is 6.74. The number of rotatable bonds is 4. The Balaban J connectivity index is 1.36. The summed E-state index contributed by atoms with van der Waals surface area (Å²) >= 11 is 0. The molecule has 26 heavy (non-hydrogen) atoms. The van der Waals surface area contributed by atoms with Crippen LogP contribution >= 0.6 is 0 Å². The van der Waals surface area contributed by atoms with Gasteiger partial charge >= 0.3 is 0 Å². The van der Waals surface area contributed by atoms with Gasteiger partial charge in [-0.15, -0.1) is 0 Å². The molecule has 3 heterocycles. The predicted octanol–water partition coefficient (Wildman–Crippen LogP) is 2.84. The summed E-state index contributed by atoms with van der Waals surface area (Å²) in [4.78, 5) is 33.2. The highest BCUT2D eigenvalue weighted by Crippen LogP contribution is 2.25. The molecule has 1 fully saturated rings. The smallest absolute Gasteiger partial charge is 0.253 e. The zero-order chi connectivity index (χ0) is 18.1. The first kappa shape index (κ1) is 16.3. The largest absolute Gasteiger partial charge is 0.360 e. The number of fused-ring (bicyclic) bond motifs is 1. The molecular formula is C20H20N4O2. The van der Waals surface area contributed by atoms with E-state index in [1.165, 1.54) is 12.3 Å². The zero-order valence-corrected chi connectivity index (χ0v) is 14.5. The third-order valence-corrected chi connectivity index (χ3v) is 4.73. The van der Waals surface area contributed by atoms with Crippen LogP contribution in [-0.2, 0) is 11.2 Å². The second kappa shape index (κ2) is 6.63. The molecule has 1 saturated heterocycles. The number of hydrogen-bond acceptors (Lipinski definition) is 3. The molecule has 132 valence electrons. The topological polar surface area (TPSA) is 78.1 Å². The lowest BCUT2D eigenvalue weighted by Gasteiger charge is -2.39. The quantitative estimate of drug-likeness (QED) is 0.761. The number of pyridine rings is 1. The van der Waals surface area contributed by atoms with Crippen molar-refractivity contribution in [2.75, 3.05) is 18.4 Å². The highest BCUT2D eigenvalue weighted by atomic mass is 16.2. The van der Waals surface area contributed by atoms with E-state index in [1.54, 1.807) is 24.3 Å². The molecule has 1 aromatic carbocycles. The molecule has 2 N–H and O–H groups in total. The van der Waals surface area contributed by atoms with Gasteiger partial charge in [-0.2, -0.15) is 0 Å². The second-order valence-corrected chi connectivity index (χ2v) is 6.74. The van der Waals surface area contributed by atoms with Crippen molar-refractivity contribution in [2.45, 2.75) is 13.3 Å². The Bertz CT molecular complexity index is 955. The number of benzene rings is 1. The molecular weight excluding hydrogens is 328 g/mol. The average Bonchev–Trinajstić information content (AvgIpc) is 3.07. The minimum absolute atomic E-state index is 0.0293. The Morgan fingerprint density at radius 1 is 1.19 bits per heavy atom. The van der Waals surface area contributed by atoms with E-state index in [1.807, 2.05) is 29.4 Å². The average molecular weight is 348 g/mol. The van der Waals surface area contributed by atoms with Crippen molar-refractivity contribution < 1.29 is 9.59 Å². The summed E-state index contributed by atoms with van der Waals surface area (Å²) < 4.78 is 0. The van der Waals surface area contributed by atoms with Crippen LogP contribution in [0.25, 0.3) is 10.9 Å². The van der Waals surface area contributed by atoms with E-state index < -0.39 is 0 Å². The number of carbonyl (C=O) groups excluding carboxylic acids is 2. The van der Waals surface area contributed by atoms with Gasteiger partial charge in [0.1, 0.15) is 0 Å². The monoisotopic (exact) mass is 348 g/mol. The van der Waals surface area contributed by atoms with E-state index in [2.05, 4.69) is 15.3 Å². The van der Waals surface area contributed by atoms with Gasteiger partial charge < -0.3 is 15.2 Å². The van der Waals surface area contributed by atoms with Crippen molar-refractivity contribution >= 4 is 28.4 Å². The van der Waals surface area contributed by atoms with Gasteiger partial charge in [0.2, 0.25) is 5.91 Å². The van der Waals surface area contributed by atoms with Crippen LogP contribution in [-0.4, -0.2) is 39.8 Å². The summed E-state index contributed by atoms with van der Waals surface area (Å²) in [5.74, 6) is 0.334. The molecule has 0 atom stereocenters. The molecule has 0 aliphatic carbocycles. The minimum Gasteiger partial charge on any atom is -0.360 e. The normalized spacial score (nSPS) is 14.3. The van der Waals surface area contributed by atoms with Gasteiger partial charge in [-0.1, -0.05) is 0 Å². The van der Waals surface area contributed by atoms with Crippen LogP contribution in [0.3, 0.4) is 0 Å². The molecule has 6 nitrogen and oxygen atoms in total. The van der Waals surface area contributed by atoms with E-state index in [4.69, 9.17) is 0 Å². The SMILES string of the molecule is CC(=O)Nc1ccc(C(=O)N2CC(Cc3nccc4cc[nH]c34)C2)cc1. The van der Waals surface area contributed by atoms with Gasteiger partial charge in [0, 0.05) is 49.0 Å². The number of H-pyrrole nitrogens is 1. The number of carbonyl (C=O) groups is 2. The summed E-state index contributed by atoms with van der Waals surface area (Å²) in [6.45, 7) is 2.94. The van der Waals surface area contributed by atoms with Crippen molar-refractivity contribution in [3.8, 4) is 0 Å². The third-order valence-electron chi connectivity index (χ3n) is 4.73. The van der Waals surface area contributed by atoms with E-state index in [0.29, 0.717) is 17.2 Å². The summed E-state index contributed by atoms with van der Waals surface area (Å²) in [7, 11) is 0. The minimum atomic E-state index is -0.125. The molecule has 1 aliphatic rings. The summed E-state index contributed by atoms with van der Waals surface area (Å²) in [5, 5.41) is 3.87.